The largest absolute Gasteiger partial charge is 0.521 e. The number of aliphatic carboxylic acids is 1. The van der Waals surface area contributed by atoms with Crippen LogP contribution in [0.4, 0.5) is 19.2 Å². The fourth-order valence-electron chi connectivity index (χ4n) is 10.5. The van der Waals surface area contributed by atoms with Crippen molar-refractivity contribution in [2.75, 3.05) is 54.6 Å². The fraction of sp³-hybridized carbons (Fsp3) is 0.747. The predicted molar refractivity (Wildman–Crippen MR) is 435 cm³/mol. The molecule has 117 heavy (non-hydrogen) atoms. The number of nitrogens with one attached hydrogen (secondary N) is 5. The van der Waals surface area contributed by atoms with E-state index in [1.807, 2.05) is 48.5 Å². The normalized spacial score (nSPS) is 20.1. The number of aliphatic hydroxyl groups excluding tert-OH is 2. The summed E-state index contributed by atoms with van der Waals surface area (Å²) in [5.74, 6) is -3.91. The summed E-state index contributed by atoms with van der Waals surface area (Å²) in [6.45, 7) is 69.8. The van der Waals surface area contributed by atoms with E-state index in [1.165, 1.54) is 43.1 Å². The Kier molecular flexibility index (Phi) is 58.4. The molecular weight excluding hydrogens is 1700 g/mol. The molecular formula is C79H141ClN10O25Y2-4. The Bertz CT molecular complexity index is 3060. The molecule has 0 saturated carbocycles. The van der Waals surface area contributed by atoms with E-state index in [-0.39, 0.29) is 128 Å². The van der Waals surface area contributed by atoms with Gasteiger partial charge in [-0.2, -0.15) is 0 Å². The average Bonchev–Trinajstić information content (AvgIpc) is 1.29. The van der Waals surface area contributed by atoms with Gasteiger partial charge in [0.1, 0.15) is 76.8 Å². The number of halogens is 1. The van der Waals surface area contributed by atoms with Gasteiger partial charge in [0.25, 0.3) is 0 Å². The number of hydrogen-bond acceptors (Lipinski definition) is 27. The van der Waals surface area contributed by atoms with Gasteiger partial charge in [-0.3, -0.25) is 32.3 Å². The second-order valence-electron chi connectivity index (χ2n) is 35.4. The van der Waals surface area contributed by atoms with Crippen LogP contribution in [0.25, 0.3) is 0 Å². The molecule has 4 aliphatic heterocycles. The number of nitrogens with zero attached hydrogens (tertiary/aromatic N) is 5. The molecule has 0 aromatic rings. The first-order valence-corrected chi connectivity index (χ1v) is 37.0. The smallest absolute Gasteiger partial charge is 0.408 e. The number of β-amino-alcohol motifs (C(OH)–C–C–N with tert-alkyl or cyclic N) is 2. The van der Waals surface area contributed by atoms with Crippen LogP contribution in [0.3, 0.4) is 0 Å². The second-order valence-corrected chi connectivity index (χ2v) is 35.4. The maximum absolute atomic E-state index is 13.4. The number of oxime groups is 2. The number of methoxy groups -OCH3 is 4. The monoisotopic (exact) mass is 1840 g/mol. The van der Waals surface area contributed by atoms with Crippen LogP contribution >= 0.6 is 12.4 Å². The van der Waals surface area contributed by atoms with Crippen molar-refractivity contribution in [1.82, 2.24) is 41.3 Å². The van der Waals surface area contributed by atoms with Crippen LogP contribution in [0, 0.1) is 54.6 Å². The molecule has 38 heteroatoms. The molecule has 0 spiro atoms. The predicted octanol–water partition coefficient (Wildman–Crippen LogP) is 8.88. The van der Waals surface area contributed by atoms with E-state index >= 15 is 0 Å². The number of alkyl carbamates (subject to hydrolysis) is 4. The van der Waals surface area contributed by atoms with Gasteiger partial charge in [-0.05, 0) is 117 Å². The molecule has 4 aliphatic rings. The number of ether oxygens (including phenoxy) is 8. The zero-order valence-electron chi connectivity index (χ0n) is 75.2. The van der Waals surface area contributed by atoms with Gasteiger partial charge < -0.3 is 132 Å². The van der Waals surface area contributed by atoms with Gasteiger partial charge in [-0.25, -0.2) is 38.4 Å². The van der Waals surface area contributed by atoms with E-state index in [1.54, 1.807) is 138 Å². The molecule has 0 aromatic carbocycles. The first-order valence-electron chi connectivity index (χ1n) is 37.0. The minimum absolute atomic E-state index is 0. The SMILES string of the molecule is CC(C)(C)OC(=O)NC(C(=O)O)C(C)(C)C.COC(=O)[C@@H]1C[C@H](C)CN1C(=O)[C@@H](NC(=O)OC(C)(C)C)C(C)(C)C.COC(=O)[C@@H]1C[C@H](O)CN1.COC(=O)[C@@H]1C[C@H](O)CN1C(=O)[C@@H](NC(=O)OC(C)(C)C)C(C)(C)C.Cl.[CH-]=C.[CH-]=C.[CH2-]/C(C)=N\O[C@@H]1C[C@@H](C(=O)OC)N(C(=O)[C@@H](NC(=O)OC(C)(C)C)C(C)(C)C)C1.[CH2-]C(C)=NO.[Y].[Y]. The van der Waals surface area contributed by atoms with Gasteiger partial charge in [0.15, 0.2) is 0 Å². The van der Waals surface area contributed by atoms with Crippen LogP contribution in [0.15, 0.2) is 23.5 Å². The molecule has 674 valence electrons. The summed E-state index contributed by atoms with van der Waals surface area (Å²) in [7, 11) is 5.15. The van der Waals surface area contributed by atoms with E-state index in [0.717, 1.165) is 0 Å². The van der Waals surface area contributed by atoms with E-state index in [0.29, 0.717) is 37.4 Å². The number of hydrogen-bond donors (Lipinski definition) is 9. The van der Waals surface area contributed by atoms with Gasteiger partial charge in [0.2, 0.25) is 17.7 Å². The molecule has 1 unspecified atom stereocenters. The Morgan fingerprint density at radius 1 is 0.444 bits per heavy atom. The average molecular weight is 1840 g/mol. The third-order valence-electron chi connectivity index (χ3n) is 15.5. The molecule has 4 rings (SSSR count). The maximum atomic E-state index is 13.4. The molecule has 7 amide bonds. The Morgan fingerprint density at radius 3 is 0.966 bits per heavy atom. The summed E-state index contributed by atoms with van der Waals surface area (Å²) in [5, 5.41) is 55.1. The van der Waals surface area contributed by atoms with Crippen molar-refractivity contribution in [3.63, 3.8) is 0 Å². The van der Waals surface area contributed by atoms with Crippen molar-refractivity contribution in [2.45, 2.75) is 302 Å². The molecule has 0 aromatic heterocycles. The summed E-state index contributed by atoms with van der Waals surface area (Å²) in [6, 6.07) is -6.22. The summed E-state index contributed by atoms with van der Waals surface area (Å²) >= 11 is 0. The minimum Gasteiger partial charge on any atom is -0.521 e. The van der Waals surface area contributed by atoms with Crippen molar-refractivity contribution >= 4 is 95.8 Å². The molecule has 4 saturated heterocycles. The van der Waals surface area contributed by atoms with E-state index in [4.69, 9.17) is 53.4 Å². The zero-order valence-corrected chi connectivity index (χ0v) is 81.7. The number of amides is 7. The number of carbonyl (C=O) groups is 12. The first-order chi connectivity index (χ1) is 51.6. The fourth-order valence-corrected chi connectivity index (χ4v) is 10.5. The van der Waals surface area contributed by atoms with Crippen LogP contribution < -0.4 is 26.6 Å². The van der Waals surface area contributed by atoms with Crippen LogP contribution in [0.1, 0.15) is 213 Å². The van der Waals surface area contributed by atoms with Gasteiger partial charge in [0, 0.05) is 104 Å². The Balaban J connectivity index is -0.000000257. The molecule has 4 heterocycles. The quantitative estimate of drug-likeness (QED) is 0.0196. The maximum Gasteiger partial charge on any atom is 0.408 e. The number of likely N-dealkylation sites (tertiary alicyclic amines) is 3. The minimum atomic E-state index is -1.07. The summed E-state index contributed by atoms with van der Waals surface area (Å²) < 4.78 is 39.7. The van der Waals surface area contributed by atoms with E-state index < -0.39 is 165 Å². The molecule has 4 fully saturated rings. The van der Waals surface area contributed by atoms with Gasteiger partial charge in [0.05, 0.1) is 47.2 Å². The first kappa shape index (κ1) is 124. The van der Waals surface area contributed by atoms with E-state index in [2.05, 4.69) is 81.8 Å². The van der Waals surface area contributed by atoms with Crippen LogP contribution in [-0.4, -0.2) is 262 Å². The molecule has 2 radical (unpaired) electrons. The van der Waals surface area contributed by atoms with Crippen molar-refractivity contribution in [2.24, 2.45) is 37.9 Å². The van der Waals surface area contributed by atoms with Gasteiger partial charge in [-0.1, -0.05) is 115 Å². The van der Waals surface area contributed by atoms with Crippen LogP contribution in [-0.2, 0) is 147 Å². The number of esters is 4. The Morgan fingerprint density at radius 2 is 0.718 bits per heavy atom. The van der Waals surface area contributed by atoms with Crippen molar-refractivity contribution in [3.8, 4) is 0 Å². The molecule has 12 atom stereocenters. The molecule has 35 nitrogen and oxygen atoms in total. The standard InChI is InChI=1S/C20H34N3O6.C18H32N2O5.C17H30N2O6.C11H21NO4.C6H11NO3.C3H6NO.2C2H3.ClH.2Y/c1-12(2)22-29-13-10-14(17(25)27-9)23(11-13)16(24)15(19(3,4)5)21-18(26)28-20(6,7)8;1-11-9-12(15(22)24-8)20(10-11)14(21)13(17(2,3)4)19-16(23)25-18(5,6)7;1-16(2,3)12(18-15(23)25-17(4,5)6)13(21)19-9-10(20)8-11(19)14(22)24-7;1-10(2,3)7(8(13)14)12-9(15)16-11(4,5)6;1-10-6(9)5-2-4(8)3-7-5;1-3(2)4-5;2*1-2;;;/h13-15H,1,10-11H2,2-9H3,(H,21,26);11-13H,9-10H2,1-8H3,(H,19,23);10-12,20H,8-9H2,1-7H3,(H,18,23);7H,1-6H3,(H,12,15)(H,13,14);4-5,7-8H,2-3H2,1H3;5H,1H2,2H3;2*1H,2H2;1H;;/q-1;;;;;3*-1;;;/b22-12+;;;;;;;;;;/t13-,14+,15-;11-,12-,13+;10-,11-,12+;;4-,5-;;;;;;/m100.0....../s1. The molecule has 9 N–H and O–H groups in total. The second kappa shape index (κ2) is 55.3. The van der Waals surface area contributed by atoms with Crippen LogP contribution in [0.5, 0.6) is 0 Å². The summed E-state index contributed by atoms with van der Waals surface area (Å²) in [6.07, 6.45) is -3.10. The third kappa shape index (κ3) is 50.9. The van der Waals surface area contributed by atoms with Crippen molar-refractivity contribution in [1.29, 1.82) is 0 Å². The Hall–Kier alpha value is -6.62. The summed E-state index contributed by atoms with van der Waals surface area (Å²) in [4.78, 5) is 155. The third-order valence-corrected chi connectivity index (χ3v) is 15.5. The topological polar surface area (TPSA) is 463 Å². The van der Waals surface area contributed by atoms with E-state index in [9.17, 15) is 62.6 Å². The van der Waals surface area contributed by atoms with Gasteiger partial charge in [-0.15, -0.1) is 22.7 Å². The van der Waals surface area contributed by atoms with Gasteiger partial charge >= 0.3 is 54.2 Å². The van der Waals surface area contributed by atoms with Crippen LogP contribution in [0.2, 0.25) is 0 Å². The number of carbonyl (C=O) groups excluding carboxylic acids is 11. The molecule has 0 bridgehead atoms. The molecule has 0 aliphatic carbocycles. The Labute approximate surface area is 752 Å². The zero-order chi connectivity index (χ0) is 90.7. The number of carboxylic acids is 1. The van der Waals surface area contributed by atoms with Crippen molar-refractivity contribution in [3.05, 3.63) is 40.2 Å². The summed E-state index contributed by atoms with van der Waals surface area (Å²) in [5.41, 5.74) is -4.15. The number of rotatable bonds is 14. The number of aliphatic hydroxyl groups is 2. The van der Waals surface area contributed by atoms with Crippen molar-refractivity contribution < 1.29 is 186 Å². The number of carboxylic acid groups (broad SMARTS) is 1.